The number of alkyl halides is 3. The van der Waals surface area contributed by atoms with Crippen LogP contribution in [0.2, 0.25) is 0 Å². The van der Waals surface area contributed by atoms with Crippen molar-refractivity contribution in [2.45, 2.75) is 12.6 Å². The maximum absolute atomic E-state index is 12.8. The van der Waals surface area contributed by atoms with Gasteiger partial charge in [-0.25, -0.2) is 0 Å². The minimum atomic E-state index is -4.47. The van der Waals surface area contributed by atoms with Crippen molar-refractivity contribution >= 4 is 21.1 Å². The van der Waals surface area contributed by atoms with Crippen molar-refractivity contribution in [1.82, 2.24) is 0 Å². The van der Waals surface area contributed by atoms with E-state index < -0.39 is 21.9 Å². The smallest absolute Gasteiger partial charge is 0.417 e. The largest absolute Gasteiger partial charge is 0.461 e. The third-order valence-electron chi connectivity index (χ3n) is 2.56. The molecule has 0 amide bonds. The van der Waals surface area contributed by atoms with E-state index in [1.54, 1.807) is 0 Å². The van der Waals surface area contributed by atoms with Crippen molar-refractivity contribution in [3.63, 3.8) is 0 Å². The molecule has 1 heterocycles. The van der Waals surface area contributed by atoms with Gasteiger partial charge in [-0.05, 0) is 18.2 Å². The Balaban J connectivity index is 2.26. The topological polar surface area (TPSA) is 56.5 Å². The van der Waals surface area contributed by atoms with Gasteiger partial charge in [-0.15, -0.1) is 0 Å². The fraction of sp³-hybridized carbons (Fsp3) is 0.333. The monoisotopic (exact) mass is 308 g/mol. The SMILES string of the molecule is CS(=O)(=O)OCCc1cc2c(C(F)(F)F)cccc2o1. The summed E-state index contributed by atoms with van der Waals surface area (Å²) in [5, 5.41) is -0.0469. The lowest BCUT2D eigenvalue weighted by molar-refractivity contribution is -0.136. The van der Waals surface area contributed by atoms with E-state index in [0.717, 1.165) is 12.3 Å². The molecule has 2 rings (SSSR count). The van der Waals surface area contributed by atoms with E-state index in [-0.39, 0.29) is 29.8 Å². The van der Waals surface area contributed by atoms with E-state index in [9.17, 15) is 21.6 Å². The molecule has 0 unspecified atom stereocenters. The van der Waals surface area contributed by atoms with E-state index in [1.807, 2.05) is 0 Å². The summed E-state index contributed by atoms with van der Waals surface area (Å²) in [5.41, 5.74) is -0.678. The van der Waals surface area contributed by atoms with Crippen molar-refractivity contribution < 1.29 is 30.2 Å². The number of hydrogen-bond donors (Lipinski definition) is 0. The van der Waals surface area contributed by atoms with Gasteiger partial charge < -0.3 is 4.42 Å². The Hall–Kier alpha value is -1.54. The maximum Gasteiger partial charge on any atom is 0.417 e. The van der Waals surface area contributed by atoms with Crippen molar-refractivity contribution in [2.75, 3.05) is 12.9 Å². The minimum absolute atomic E-state index is 0.0469. The van der Waals surface area contributed by atoms with Crippen LogP contribution in [0.4, 0.5) is 13.2 Å². The molecule has 2 aromatic rings. The molecule has 0 atom stereocenters. The first-order valence-electron chi connectivity index (χ1n) is 5.60. The Morgan fingerprint density at radius 2 is 2.00 bits per heavy atom. The van der Waals surface area contributed by atoms with Gasteiger partial charge >= 0.3 is 6.18 Å². The van der Waals surface area contributed by atoms with Crippen LogP contribution in [0.25, 0.3) is 11.0 Å². The average Bonchev–Trinajstić information content (AvgIpc) is 2.67. The van der Waals surface area contributed by atoms with Gasteiger partial charge in [0.15, 0.2) is 0 Å². The zero-order chi connectivity index (χ0) is 15.0. The van der Waals surface area contributed by atoms with Gasteiger partial charge in [0.2, 0.25) is 0 Å². The Kier molecular flexibility index (Phi) is 3.79. The van der Waals surface area contributed by atoms with E-state index in [2.05, 4.69) is 4.18 Å². The standard InChI is InChI=1S/C12H11F3O4S/c1-20(16,17)18-6-5-8-7-9-10(12(13,14)15)3-2-4-11(9)19-8/h2-4,7H,5-6H2,1H3. The van der Waals surface area contributed by atoms with Gasteiger partial charge in [0.05, 0.1) is 18.4 Å². The van der Waals surface area contributed by atoms with Gasteiger partial charge in [0, 0.05) is 11.8 Å². The molecular weight excluding hydrogens is 297 g/mol. The molecule has 0 radical (unpaired) electrons. The summed E-state index contributed by atoms with van der Waals surface area (Å²) in [5.74, 6) is 0.236. The molecule has 0 aliphatic heterocycles. The highest BCUT2D eigenvalue weighted by Gasteiger charge is 2.33. The van der Waals surface area contributed by atoms with Gasteiger partial charge in [0.25, 0.3) is 10.1 Å². The Labute approximate surface area is 113 Å². The Morgan fingerprint density at radius 1 is 1.30 bits per heavy atom. The van der Waals surface area contributed by atoms with Crippen LogP contribution in [-0.2, 0) is 26.9 Å². The Morgan fingerprint density at radius 3 is 2.60 bits per heavy atom. The lowest BCUT2D eigenvalue weighted by Crippen LogP contribution is -2.05. The van der Waals surface area contributed by atoms with Crippen LogP contribution in [0.1, 0.15) is 11.3 Å². The highest BCUT2D eigenvalue weighted by atomic mass is 32.2. The third-order valence-corrected chi connectivity index (χ3v) is 3.16. The van der Waals surface area contributed by atoms with Crippen molar-refractivity contribution in [1.29, 1.82) is 0 Å². The minimum Gasteiger partial charge on any atom is -0.461 e. The number of fused-ring (bicyclic) bond motifs is 1. The summed E-state index contributed by atoms with van der Waals surface area (Å²) < 4.78 is 69.7. The molecule has 0 bridgehead atoms. The molecule has 8 heteroatoms. The summed E-state index contributed by atoms with van der Waals surface area (Å²) in [6.45, 7) is -0.181. The average molecular weight is 308 g/mol. The zero-order valence-corrected chi connectivity index (χ0v) is 11.2. The summed E-state index contributed by atoms with van der Waals surface area (Å²) in [6.07, 6.45) is -3.50. The molecule has 0 aliphatic carbocycles. The van der Waals surface area contributed by atoms with E-state index >= 15 is 0 Å². The first-order chi connectivity index (χ1) is 9.17. The summed E-state index contributed by atoms with van der Waals surface area (Å²) in [4.78, 5) is 0. The van der Waals surface area contributed by atoms with E-state index in [4.69, 9.17) is 4.42 Å². The number of halogens is 3. The molecule has 110 valence electrons. The molecule has 0 saturated heterocycles. The summed E-state index contributed by atoms with van der Waals surface area (Å²) >= 11 is 0. The normalized spacial score (nSPS) is 13.0. The number of furan rings is 1. The quantitative estimate of drug-likeness (QED) is 0.815. The summed E-state index contributed by atoms with van der Waals surface area (Å²) in [6, 6.07) is 4.90. The second-order valence-electron chi connectivity index (χ2n) is 4.20. The van der Waals surface area contributed by atoms with Crippen LogP contribution in [0.15, 0.2) is 28.7 Å². The lowest BCUT2D eigenvalue weighted by atomic mass is 10.1. The third kappa shape index (κ3) is 3.51. The van der Waals surface area contributed by atoms with Gasteiger partial charge in [-0.3, -0.25) is 4.18 Å². The van der Waals surface area contributed by atoms with Crippen LogP contribution >= 0.6 is 0 Å². The molecule has 1 aromatic carbocycles. The number of benzene rings is 1. The van der Waals surface area contributed by atoms with Gasteiger partial charge in [-0.2, -0.15) is 21.6 Å². The van der Waals surface area contributed by atoms with Crippen LogP contribution in [0, 0.1) is 0 Å². The predicted molar refractivity (Wildman–Crippen MR) is 65.7 cm³/mol. The zero-order valence-electron chi connectivity index (χ0n) is 10.4. The number of rotatable bonds is 4. The maximum atomic E-state index is 12.8. The van der Waals surface area contributed by atoms with Gasteiger partial charge in [-0.1, -0.05) is 6.07 Å². The Bertz CT molecular complexity index is 716. The molecule has 0 aliphatic rings. The number of hydrogen-bond acceptors (Lipinski definition) is 4. The first kappa shape index (κ1) is 14.9. The highest BCUT2D eigenvalue weighted by molar-refractivity contribution is 7.85. The van der Waals surface area contributed by atoms with Crippen LogP contribution in [0.3, 0.4) is 0 Å². The van der Waals surface area contributed by atoms with Crippen molar-refractivity contribution in [2.24, 2.45) is 0 Å². The first-order valence-corrected chi connectivity index (χ1v) is 7.41. The summed E-state index contributed by atoms with van der Waals surface area (Å²) in [7, 11) is -3.58. The molecular formula is C12H11F3O4S. The van der Waals surface area contributed by atoms with Crippen LogP contribution < -0.4 is 0 Å². The molecule has 0 saturated carbocycles. The fourth-order valence-electron chi connectivity index (χ4n) is 1.78. The second-order valence-corrected chi connectivity index (χ2v) is 5.85. The fourth-order valence-corrected chi connectivity index (χ4v) is 2.16. The van der Waals surface area contributed by atoms with E-state index in [0.29, 0.717) is 0 Å². The van der Waals surface area contributed by atoms with Gasteiger partial charge in [0.1, 0.15) is 11.3 Å². The molecule has 0 spiro atoms. The highest BCUT2D eigenvalue weighted by Crippen LogP contribution is 2.36. The van der Waals surface area contributed by atoms with Crippen molar-refractivity contribution in [3.05, 3.63) is 35.6 Å². The lowest BCUT2D eigenvalue weighted by Gasteiger charge is -2.06. The molecule has 1 aromatic heterocycles. The molecule has 0 fully saturated rings. The van der Waals surface area contributed by atoms with Crippen LogP contribution in [-0.4, -0.2) is 21.3 Å². The molecule has 20 heavy (non-hydrogen) atoms. The van der Waals surface area contributed by atoms with Crippen molar-refractivity contribution in [3.8, 4) is 0 Å². The molecule has 0 N–H and O–H groups in total. The van der Waals surface area contributed by atoms with Crippen LogP contribution in [0.5, 0.6) is 0 Å². The molecule has 4 nitrogen and oxygen atoms in total. The second kappa shape index (κ2) is 5.10. The predicted octanol–water partition coefficient (Wildman–Crippen LogP) is 2.97. The van der Waals surface area contributed by atoms with E-state index in [1.165, 1.54) is 18.2 Å².